The Kier molecular flexibility index (Phi) is 4.59. The van der Waals surface area contributed by atoms with Gasteiger partial charge in [0.25, 0.3) is 0 Å². The minimum Gasteiger partial charge on any atom is -0.461 e. The van der Waals surface area contributed by atoms with Crippen LogP contribution >= 0.6 is 0 Å². The number of rotatable bonds is 5. The lowest BCUT2D eigenvalue weighted by Crippen LogP contribution is -2.25. The van der Waals surface area contributed by atoms with Gasteiger partial charge in [0.05, 0.1) is 11.5 Å². The molecule has 0 saturated heterocycles. The van der Waals surface area contributed by atoms with Crippen LogP contribution in [0.3, 0.4) is 0 Å². The molecular weight excluding hydrogens is 245 g/mol. The number of hydrogen-bond donors (Lipinski definition) is 0. The topological polar surface area (TPSA) is 78.7 Å². The van der Waals surface area contributed by atoms with Crippen LogP contribution in [0.5, 0.6) is 5.75 Å². The van der Waals surface area contributed by atoms with Crippen LogP contribution in [0.2, 0.25) is 0 Å². The SMILES string of the molecule is CCOC(=O)C(F)Oc1cccc(C)c1[N+](=O)[O-]. The minimum atomic E-state index is -2.38. The lowest BCUT2D eigenvalue weighted by atomic mass is 10.2. The molecule has 0 fully saturated rings. The highest BCUT2D eigenvalue weighted by Crippen LogP contribution is 2.31. The number of nitro groups is 1. The molecule has 0 aliphatic heterocycles. The van der Waals surface area contributed by atoms with Gasteiger partial charge >= 0.3 is 18.0 Å². The molecule has 0 radical (unpaired) electrons. The molecule has 1 rings (SSSR count). The fourth-order valence-electron chi connectivity index (χ4n) is 1.33. The van der Waals surface area contributed by atoms with Gasteiger partial charge < -0.3 is 9.47 Å². The molecule has 0 amide bonds. The van der Waals surface area contributed by atoms with Crippen molar-refractivity contribution in [3.05, 3.63) is 33.9 Å². The van der Waals surface area contributed by atoms with Crippen LogP contribution in [0.1, 0.15) is 12.5 Å². The van der Waals surface area contributed by atoms with Gasteiger partial charge in [-0.15, -0.1) is 0 Å². The number of hydrogen-bond acceptors (Lipinski definition) is 5. The van der Waals surface area contributed by atoms with Gasteiger partial charge in [-0.25, -0.2) is 4.79 Å². The summed E-state index contributed by atoms with van der Waals surface area (Å²) < 4.78 is 22.3. The molecule has 0 spiro atoms. The summed E-state index contributed by atoms with van der Waals surface area (Å²) in [5.74, 6) is -1.52. The second kappa shape index (κ2) is 5.95. The molecule has 0 aliphatic rings. The molecule has 7 heteroatoms. The summed E-state index contributed by atoms with van der Waals surface area (Å²) in [6.07, 6.45) is -2.38. The van der Waals surface area contributed by atoms with Crippen molar-refractivity contribution < 1.29 is 23.6 Å². The van der Waals surface area contributed by atoms with Gasteiger partial charge in [0, 0.05) is 5.56 Å². The zero-order valence-electron chi connectivity index (χ0n) is 9.88. The van der Waals surface area contributed by atoms with Crippen molar-refractivity contribution >= 4 is 11.7 Å². The third kappa shape index (κ3) is 3.16. The largest absolute Gasteiger partial charge is 0.461 e. The fraction of sp³-hybridized carbons (Fsp3) is 0.364. The third-order valence-corrected chi connectivity index (χ3v) is 2.09. The first-order valence-corrected chi connectivity index (χ1v) is 5.18. The Balaban J connectivity index is 2.94. The molecule has 98 valence electrons. The van der Waals surface area contributed by atoms with E-state index in [-0.39, 0.29) is 18.0 Å². The number of carbonyl (C=O) groups excluding carboxylic acids is 1. The summed E-state index contributed by atoms with van der Waals surface area (Å²) in [7, 11) is 0. The van der Waals surface area contributed by atoms with E-state index in [4.69, 9.17) is 0 Å². The average molecular weight is 257 g/mol. The van der Waals surface area contributed by atoms with Crippen LogP contribution in [0.15, 0.2) is 18.2 Å². The highest BCUT2D eigenvalue weighted by Gasteiger charge is 2.26. The van der Waals surface area contributed by atoms with Crippen LogP contribution in [0, 0.1) is 17.0 Å². The highest BCUT2D eigenvalue weighted by atomic mass is 19.1. The monoisotopic (exact) mass is 257 g/mol. The molecule has 1 atom stereocenters. The van der Waals surface area contributed by atoms with Crippen LogP contribution in [-0.4, -0.2) is 23.9 Å². The van der Waals surface area contributed by atoms with Crippen LogP contribution < -0.4 is 4.74 Å². The van der Waals surface area contributed by atoms with Crippen molar-refractivity contribution in [3.63, 3.8) is 0 Å². The number of alkyl halides is 1. The first-order valence-electron chi connectivity index (χ1n) is 5.18. The Morgan fingerprint density at radius 1 is 1.56 bits per heavy atom. The van der Waals surface area contributed by atoms with E-state index in [0.29, 0.717) is 5.56 Å². The van der Waals surface area contributed by atoms with Crippen LogP contribution in [0.25, 0.3) is 0 Å². The molecule has 18 heavy (non-hydrogen) atoms. The Morgan fingerprint density at radius 2 is 2.22 bits per heavy atom. The minimum absolute atomic E-state index is 0.00146. The van der Waals surface area contributed by atoms with Gasteiger partial charge in [-0.05, 0) is 19.9 Å². The average Bonchev–Trinajstić information content (AvgIpc) is 2.28. The van der Waals surface area contributed by atoms with Crippen molar-refractivity contribution in [2.75, 3.05) is 6.61 Å². The van der Waals surface area contributed by atoms with Gasteiger partial charge in [0.15, 0.2) is 0 Å². The number of aryl methyl sites for hydroxylation is 1. The molecule has 1 aromatic carbocycles. The number of benzene rings is 1. The predicted octanol–water partition coefficient (Wildman–Crippen LogP) is 2.14. The summed E-state index contributed by atoms with van der Waals surface area (Å²) in [5.41, 5.74) is -0.0574. The number of para-hydroxylation sites is 1. The standard InChI is InChI=1S/C11H12FNO5/c1-3-17-11(14)10(12)18-8-6-4-5-7(2)9(8)13(15)16/h4-6,10H,3H2,1-2H3. The maximum absolute atomic E-state index is 13.3. The van der Waals surface area contributed by atoms with Crippen molar-refractivity contribution in [3.8, 4) is 5.75 Å². The van der Waals surface area contributed by atoms with Gasteiger partial charge in [0.2, 0.25) is 5.75 Å². The molecule has 0 saturated carbocycles. The molecule has 1 aromatic rings. The molecule has 0 aromatic heterocycles. The van der Waals surface area contributed by atoms with Gasteiger partial charge in [-0.2, -0.15) is 4.39 Å². The number of halogens is 1. The van der Waals surface area contributed by atoms with E-state index >= 15 is 0 Å². The summed E-state index contributed by atoms with van der Waals surface area (Å²) in [6, 6.07) is 4.18. The van der Waals surface area contributed by atoms with E-state index < -0.39 is 17.3 Å². The molecule has 0 bridgehead atoms. The number of nitrogens with zero attached hydrogens (tertiary/aromatic N) is 1. The summed E-state index contributed by atoms with van der Waals surface area (Å²) >= 11 is 0. The first-order chi connectivity index (χ1) is 8.47. The van der Waals surface area contributed by atoms with Crippen molar-refractivity contribution in [1.29, 1.82) is 0 Å². The molecule has 0 heterocycles. The molecule has 0 aliphatic carbocycles. The third-order valence-electron chi connectivity index (χ3n) is 2.09. The van der Waals surface area contributed by atoms with E-state index in [9.17, 15) is 19.3 Å². The molecule has 6 nitrogen and oxygen atoms in total. The zero-order chi connectivity index (χ0) is 13.7. The lowest BCUT2D eigenvalue weighted by molar-refractivity contribution is -0.386. The summed E-state index contributed by atoms with van der Waals surface area (Å²) in [5, 5.41) is 10.8. The Morgan fingerprint density at radius 3 is 2.78 bits per heavy atom. The van der Waals surface area contributed by atoms with Gasteiger partial charge in [-0.1, -0.05) is 12.1 Å². The number of nitro benzene ring substituents is 1. The predicted molar refractivity (Wildman–Crippen MR) is 60.0 cm³/mol. The maximum atomic E-state index is 13.3. The first kappa shape index (κ1) is 13.9. The quantitative estimate of drug-likeness (QED) is 0.458. The summed E-state index contributed by atoms with van der Waals surface area (Å²) in [4.78, 5) is 21.1. The Labute approximate surface area is 102 Å². The number of carbonyl (C=O) groups is 1. The van der Waals surface area contributed by atoms with E-state index in [1.54, 1.807) is 0 Å². The lowest BCUT2D eigenvalue weighted by Gasteiger charge is -2.11. The van der Waals surface area contributed by atoms with E-state index in [1.807, 2.05) is 0 Å². The van der Waals surface area contributed by atoms with Crippen LogP contribution in [0.4, 0.5) is 10.1 Å². The summed E-state index contributed by atoms with van der Waals surface area (Å²) in [6.45, 7) is 3.00. The van der Waals surface area contributed by atoms with Crippen molar-refractivity contribution in [1.82, 2.24) is 0 Å². The Hall–Kier alpha value is -2.18. The van der Waals surface area contributed by atoms with E-state index in [1.165, 1.54) is 32.0 Å². The second-order valence-corrected chi connectivity index (χ2v) is 3.36. The van der Waals surface area contributed by atoms with Crippen molar-refractivity contribution in [2.45, 2.75) is 20.2 Å². The Bertz CT molecular complexity index is 463. The van der Waals surface area contributed by atoms with Gasteiger partial charge in [-0.3, -0.25) is 10.1 Å². The highest BCUT2D eigenvalue weighted by molar-refractivity contribution is 5.73. The number of ether oxygens (including phenoxy) is 2. The normalized spacial score (nSPS) is 11.7. The zero-order valence-corrected chi connectivity index (χ0v) is 9.88. The maximum Gasteiger partial charge on any atom is 0.381 e. The smallest absolute Gasteiger partial charge is 0.381 e. The van der Waals surface area contributed by atoms with E-state index in [0.717, 1.165) is 0 Å². The number of esters is 1. The molecular formula is C11H12FNO5. The van der Waals surface area contributed by atoms with Crippen LogP contribution in [-0.2, 0) is 9.53 Å². The van der Waals surface area contributed by atoms with Gasteiger partial charge in [0.1, 0.15) is 0 Å². The van der Waals surface area contributed by atoms with E-state index in [2.05, 4.69) is 9.47 Å². The van der Waals surface area contributed by atoms with Crippen molar-refractivity contribution in [2.24, 2.45) is 0 Å². The second-order valence-electron chi connectivity index (χ2n) is 3.36. The molecule has 0 N–H and O–H groups in total. The molecule has 1 unspecified atom stereocenters. The fourth-order valence-corrected chi connectivity index (χ4v) is 1.33.